The van der Waals surface area contributed by atoms with Crippen LogP contribution in [0.1, 0.15) is 24.6 Å². The Bertz CT molecular complexity index is 718. The van der Waals surface area contributed by atoms with Gasteiger partial charge in [0.05, 0.1) is 0 Å². The Morgan fingerprint density at radius 2 is 1.86 bits per heavy atom. The van der Waals surface area contributed by atoms with Gasteiger partial charge < -0.3 is 15.5 Å². The molecular weight excluding hydrogens is 350 g/mol. The lowest BCUT2D eigenvalue weighted by molar-refractivity contribution is -0.128. The van der Waals surface area contributed by atoms with E-state index in [-0.39, 0.29) is 12.5 Å². The van der Waals surface area contributed by atoms with Gasteiger partial charge in [0.25, 0.3) is 0 Å². The second-order valence-electron chi connectivity index (χ2n) is 6.60. The second kappa shape index (κ2) is 12.5. The van der Waals surface area contributed by atoms with Crippen molar-refractivity contribution >= 4 is 11.9 Å². The summed E-state index contributed by atoms with van der Waals surface area (Å²) in [5.41, 5.74) is 2.31. The van der Waals surface area contributed by atoms with Crippen LogP contribution in [0, 0.1) is 0 Å². The number of benzene rings is 1. The van der Waals surface area contributed by atoms with E-state index in [2.05, 4.69) is 44.9 Å². The quantitative estimate of drug-likeness (QED) is 0.376. The van der Waals surface area contributed by atoms with Crippen molar-refractivity contribution in [2.45, 2.75) is 26.2 Å². The number of rotatable bonds is 10. The summed E-state index contributed by atoms with van der Waals surface area (Å²) in [7, 11) is 1.81. The maximum atomic E-state index is 12.3. The summed E-state index contributed by atoms with van der Waals surface area (Å²) in [6, 6.07) is 16.2. The topological polar surface area (TPSA) is 69.6 Å². The number of guanidine groups is 1. The first-order valence-corrected chi connectivity index (χ1v) is 9.89. The fraction of sp³-hybridized carbons (Fsp3) is 0.409. The van der Waals surface area contributed by atoms with Crippen LogP contribution in [0.3, 0.4) is 0 Å². The number of carbonyl (C=O) groups is 1. The fourth-order valence-corrected chi connectivity index (χ4v) is 2.71. The maximum absolute atomic E-state index is 12.3. The molecule has 1 amide bonds. The number of likely N-dealkylation sites (N-methyl/N-ethyl adjacent to an activating group) is 1. The van der Waals surface area contributed by atoms with Crippen LogP contribution >= 0.6 is 0 Å². The maximum Gasteiger partial charge on any atom is 0.244 e. The van der Waals surface area contributed by atoms with E-state index in [0.717, 1.165) is 38.0 Å². The summed E-state index contributed by atoms with van der Waals surface area (Å²) in [6.07, 6.45) is 4.53. The van der Waals surface area contributed by atoms with Crippen molar-refractivity contribution in [1.82, 2.24) is 20.5 Å². The van der Waals surface area contributed by atoms with Crippen molar-refractivity contribution in [3.05, 3.63) is 66.0 Å². The Balaban J connectivity index is 1.72. The second-order valence-corrected chi connectivity index (χ2v) is 6.60. The first-order valence-electron chi connectivity index (χ1n) is 9.89. The third-order valence-corrected chi connectivity index (χ3v) is 4.35. The Hall–Kier alpha value is -2.89. The number of hydrogen-bond donors (Lipinski definition) is 2. The Morgan fingerprint density at radius 3 is 2.57 bits per heavy atom. The summed E-state index contributed by atoms with van der Waals surface area (Å²) < 4.78 is 0. The number of amides is 1. The zero-order chi connectivity index (χ0) is 20.0. The van der Waals surface area contributed by atoms with Gasteiger partial charge in [-0.05, 0) is 37.5 Å². The smallest absolute Gasteiger partial charge is 0.244 e. The van der Waals surface area contributed by atoms with Crippen molar-refractivity contribution in [3.8, 4) is 0 Å². The van der Waals surface area contributed by atoms with Crippen molar-refractivity contribution in [2.75, 3.05) is 33.2 Å². The molecule has 0 aliphatic carbocycles. The van der Waals surface area contributed by atoms with Crippen LogP contribution < -0.4 is 10.6 Å². The van der Waals surface area contributed by atoms with Gasteiger partial charge in [-0.1, -0.05) is 36.4 Å². The SMILES string of the molecule is CCNC(=NCC(=O)N(C)CCc1ccccn1)NCCCc1ccccc1. The van der Waals surface area contributed by atoms with Gasteiger partial charge in [-0.2, -0.15) is 0 Å². The summed E-state index contributed by atoms with van der Waals surface area (Å²) in [6.45, 7) is 4.35. The van der Waals surface area contributed by atoms with E-state index in [1.54, 1.807) is 18.1 Å². The molecule has 6 heteroatoms. The lowest BCUT2D eigenvalue weighted by atomic mass is 10.1. The number of carbonyl (C=O) groups excluding carboxylic acids is 1. The molecule has 1 aromatic carbocycles. The largest absolute Gasteiger partial charge is 0.357 e. The molecule has 0 bridgehead atoms. The van der Waals surface area contributed by atoms with Gasteiger partial charge in [0, 0.05) is 45.0 Å². The zero-order valence-electron chi connectivity index (χ0n) is 16.9. The van der Waals surface area contributed by atoms with Crippen molar-refractivity contribution in [3.63, 3.8) is 0 Å². The minimum Gasteiger partial charge on any atom is -0.357 e. The van der Waals surface area contributed by atoms with Crippen molar-refractivity contribution in [2.24, 2.45) is 4.99 Å². The highest BCUT2D eigenvalue weighted by atomic mass is 16.2. The van der Waals surface area contributed by atoms with E-state index in [4.69, 9.17) is 0 Å². The van der Waals surface area contributed by atoms with Gasteiger partial charge in [-0.25, -0.2) is 4.99 Å². The normalized spacial score (nSPS) is 11.1. The van der Waals surface area contributed by atoms with Crippen LogP contribution in [-0.2, 0) is 17.6 Å². The fourth-order valence-electron chi connectivity index (χ4n) is 2.71. The summed E-state index contributed by atoms with van der Waals surface area (Å²) in [5, 5.41) is 6.49. The molecule has 0 unspecified atom stereocenters. The number of aromatic nitrogens is 1. The highest BCUT2D eigenvalue weighted by Crippen LogP contribution is 2.01. The van der Waals surface area contributed by atoms with Crippen LogP contribution in [0.15, 0.2) is 59.7 Å². The summed E-state index contributed by atoms with van der Waals surface area (Å²) in [5.74, 6) is 0.680. The molecule has 0 atom stereocenters. The van der Waals surface area contributed by atoms with Crippen LogP contribution in [-0.4, -0.2) is 55.0 Å². The average Bonchev–Trinajstić information content (AvgIpc) is 2.74. The molecule has 1 heterocycles. The monoisotopic (exact) mass is 381 g/mol. The third-order valence-electron chi connectivity index (χ3n) is 4.35. The minimum atomic E-state index is -0.00239. The standard InChI is InChI=1S/C22H31N5O/c1-3-23-22(25-16-9-12-19-10-5-4-6-11-19)26-18-21(28)27(2)17-14-20-13-7-8-15-24-20/h4-8,10-11,13,15H,3,9,12,14,16-18H2,1-2H3,(H2,23,25,26). The molecule has 0 radical (unpaired) electrons. The van der Waals surface area contributed by atoms with Crippen LogP contribution in [0.25, 0.3) is 0 Å². The molecule has 2 N–H and O–H groups in total. The van der Waals surface area contributed by atoms with E-state index in [0.29, 0.717) is 12.5 Å². The van der Waals surface area contributed by atoms with Gasteiger partial charge in [0.15, 0.2) is 5.96 Å². The first kappa shape index (κ1) is 21.4. The highest BCUT2D eigenvalue weighted by Gasteiger charge is 2.09. The van der Waals surface area contributed by atoms with Gasteiger partial charge in [-0.3, -0.25) is 9.78 Å². The lowest BCUT2D eigenvalue weighted by Crippen LogP contribution is -2.39. The number of aryl methyl sites for hydroxylation is 1. The number of hydrogen-bond acceptors (Lipinski definition) is 3. The highest BCUT2D eigenvalue weighted by molar-refractivity contribution is 5.84. The van der Waals surface area contributed by atoms with E-state index < -0.39 is 0 Å². The van der Waals surface area contributed by atoms with E-state index in [1.165, 1.54) is 5.56 Å². The zero-order valence-corrected chi connectivity index (χ0v) is 16.9. The Labute approximate surface area is 168 Å². The molecule has 2 rings (SSSR count). The molecule has 0 aliphatic rings. The molecule has 6 nitrogen and oxygen atoms in total. The molecule has 0 saturated heterocycles. The van der Waals surface area contributed by atoms with Gasteiger partial charge in [-0.15, -0.1) is 0 Å². The molecular formula is C22H31N5O. The van der Waals surface area contributed by atoms with Crippen LogP contribution in [0.4, 0.5) is 0 Å². The Kier molecular flexibility index (Phi) is 9.55. The van der Waals surface area contributed by atoms with Crippen LogP contribution in [0.5, 0.6) is 0 Å². The summed E-state index contributed by atoms with van der Waals surface area (Å²) >= 11 is 0. The Morgan fingerprint density at radius 1 is 1.07 bits per heavy atom. The lowest BCUT2D eigenvalue weighted by Gasteiger charge is -2.16. The molecule has 0 aliphatic heterocycles. The van der Waals surface area contributed by atoms with Crippen molar-refractivity contribution in [1.29, 1.82) is 0 Å². The third kappa shape index (κ3) is 8.20. The average molecular weight is 382 g/mol. The van der Waals surface area contributed by atoms with E-state index in [9.17, 15) is 4.79 Å². The molecule has 0 fully saturated rings. The summed E-state index contributed by atoms with van der Waals surface area (Å²) in [4.78, 5) is 22.7. The molecule has 1 aromatic heterocycles. The minimum absolute atomic E-state index is 0.00239. The number of pyridine rings is 1. The molecule has 2 aromatic rings. The van der Waals surface area contributed by atoms with Crippen LogP contribution in [0.2, 0.25) is 0 Å². The molecule has 0 saturated carbocycles. The predicted molar refractivity (Wildman–Crippen MR) is 114 cm³/mol. The van der Waals surface area contributed by atoms with Crippen molar-refractivity contribution < 1.29 is 4.79 Å². The predicted octanol–water partition coefficient (Wildman–Crippen LogP) is 2.27. The molecule has 28 heavy (non-hydrogen) atoms. The number of aliphatic imine (C=N–C) groups is 1. The van der Waals surface area contributed by atoms with E-state index in [1.807, 2.05) is 31.2 Å². The number of nitrogens with zero attached hydrogens (tertiary/aromatic N) is 3. The molecule has 0 spiro atoms. The first-order chi connectivity index (χ1) is 13.7. The van der Waals surface area contributed by atoms with Gasteiger partial charge in [0.1, 0.15) is 6.54 Å². The van der Waals surface area contributed by atoms with E-state index >= 15 is 0 Å². The van der Waals surface area contributed by atoms with Gasteiger partial charge in [0.2, 0.25) is 5.91 Å². The van der Waals surface area contributed by atoms with Gasteiger partial charge >= 0.3 is 0 Å². The number of nitrogens with one attached hydrogen (secondary N) is 2. The molecule has 150 valence electrons.